The third kappa shape index (κ3) is 3.47. The minimum absolute atomic E-state index is 0.326. The minimum atomic E-state index is -0.326. The smallest absolute Gasteiger partial charge is 0.145 e. The van der Waals surface area contributed by atoms with Crippen LogP contribution in [0.3, 0.4) is 0 Å². The highest BCUT2D eigenvalue weighted by molar-refractivity contribution is 5.61. The highest BCUT2D eigenvalue weighted by Crippen LogP contribution is 2.19. The van der Waals surface area contributed by atoms with E-state index >= 15 is 0 Å². The van der Waals surface area contributed by atoms with Gasteiger partial charge in [-0.15, -0.1) is 0 Å². The number of pyridine rings is 1. The van der Waals surface area contributed by atoms with E-state index in [-0.39, 0.29) is 5.82 Å². The summed E-state index contributed by atoms with van der Waals surface area (Å²) in [4.78, 5) is 12.3. The molecule has 2 rings (SSSR count). The lowest BCUT2D eigenvalue weighted by atomic mass is 10.2. The number of nitrogens with one attached hydrogen (secondary N) is 1. The van der Waals surface area contributed by atoms with E-state index in [0.29, 0.717) is 22.9 Å². The Kier molecular flexibility index (Phi) is 4.04. The van der Waals surface area contributed by atoms with Crippen molar-refractivity contribution in [3.8, 4) is 11.3 Å². The summed E-state index contributed by atoms with van der Waals surface area (Å²) in [7, 11) is 0. The first-order valence-electron chi connectivity index (χ1n) is 6.24. The van der Waals surface area contributed by atoms with Crippen molar-refractivity contribution in [3.63, 3.8) is 0 Å². The standard InChI is InChI=1S/C14H17FN4/c1-9(2)6-17-14-5-13(18-8-19-14)11-4-12(15)10(3)16-7-11/h4-5,7-9H,6H2,1-3H3,(H,17,18,19). The topological polar surface area (TPSA) is 50.7 Å². The number of nitrogens with zero attached hydrogens (tertiary/aromatic N) is 3. The summed E-state index contributed by atoms with van der Waals surface area (Å²) in [6.07, 6.45) is 3.09. The van der Waals surface area contributed by atoms with Gasteiger partial charge in [-0.05, 0) is 18.9 Å². The average molecular weight is 260 g/mol. The molecule has 0 aliphatic carbocycles. The Morgan fingerprint density at radius 2 is 2.00 bits per heavy atom. The molecule has 1 N–H and O–H groups in total. The fourth-order valence-electron chi connectivity index (χ4n) is 1.57. The molecule has 0 saturated carbocycles. The molecule has 0 radical (unpaired) electrons. The molecule has 2 aromatic heterocycles. The summed E-state index contributed by atoms with van der Waals surface area (Å²) < 4.78 is 13.5. The Hall–Kier alpha value is -2.04. The molecule has 0 spiro atoms. The lowest BCUT2D eigenvalue weighted by Gasteiger charge is -2.09. The Labute approximate surface area is 112 Å². The van der Waals surface area contributed by atoms with Gasteiger partial charge in [-0.25, -0.2) is 14.4 Å². The second-order valence-electron chi connectivity index (χ2n) is 4.85. The van der Waals surface area contributed by atoms with E-state index in [1.165, 1.54) is 12.4 Å². The van der Waals surface area contributed by atoms with Gasteiger partial charge in [0.1, 0.15) is 18.0 Å². The fraction of sp³-hybridized carbons (Fsp3) is 0.357. The predicted octanol–water partition coefficient (Wildman–Crippen LogP) is 3.05. The molecule has 0 aliphatic heterocycles. The molecule has 0 unspecified atom stereocenters. The van der Waals surface area contributed by atoms with Gasteiger partial charge in [-0.1, -0.05) is 13.8 Å². The van der Waals surface area contributed by atoms with Crippen molar-refractivity contribution in [2.45, 2.75) is 20.8 Å². The first-order chi connectivity index (χ1) is 9.06. The normalized spacial score (nSPS) is 10.8. The van der Waals surface area contributed by atoms with E-state index in [4.69, 9.17) is 0 Å². The fourth-order valence-corrected chi connectivity index (χ4v) is 1.57. The molecular formula is C14H17FN4. The van der Waals surface area contributed by atoms with E-state index in [1.807, 2.05) is 0 Å². The van der Waals surface area contributed by atoms with Crippen LogP contribution in [-0.2, 0) is 0 Å². The maximum absolute atomic E-state index is 13.5. The highest BCUT2D eigenvalue weighted by Gasteiger charge is 2.06. The molecule has 100 valence electrons. The second-order valence-corrected chi connectivity index (χ2v) is 4.85. The zero-order valence-corrected chi connectivity index (χ0v) is 11.3. The van der Waals surface area contributed by atoms with Crippen molar-refractivity contribution in [1.29, 1.82) is 0 Å². The molecule has 0 aromatic carbocycles. The first kappa shape index (κ1) is 13.4. The summed E-state index contributed by atoms with van der Waals surface area (Å²) in [5, 5.41) is 3.21. The van der Waals surface area contributed by atoms with Crippen LogP contribution < -0.4 is 5.32 Å². The van der Waals surface area contributed by atoms with Crippen LogP contribution >= 0.6 is 0 Å². The van der Waals surface area contributed by atoms with E-state index in [0.717, 1.165) is 12.4 Å². The van der Waals surface area contributed by atoms with Crippen LogP contribution in [0, 0.1) is 18.7 Å². The molecular weight excluding hydrogens is 243 g/mol. The van der Waals surface area contributed by atoms with Gasteiger partial charge >= 0.3 is 0 Å². The van der Waals surface area contributed by atoms with Gasteiger partial charge in [0, 0.05) is 24.4 Å². The Bertz CT molecular complexity index is 569. The molecule has 0 aliphatic rings. The van der Waals surface area contributed by atoms with Gasteiger partial charge in [-0.3, -0.25) is 4.98 Å². The second kappa shape index (κ2) is 5.73. The summed E-state index contributed by atoms with van der Waals surface area (Å²) in [6, 6.07) is 3.24. The van der Waals surface area contributed by atoms with Gasteiger partial charge in [0.2, 0.25) is 0 Å². The van der Waals surface area contributed by atoms with Crippen molar-refractivity contribution >= 4 is 5.82 Å². The number of hydrogen-bond acceptors (Lipinski definition) is 4. The Balaban J connectivity index is 2.24. The minimum Gasteiger partial charge on any atom is -0.370 e. The van der Waals surface area contributed by atoms with Gasteiger partial charge < -0.3 is 5.32 Å². The number of rotatable bonds is 4. The third-order valence-electron chi connectivity index (χ3n) is 2.68. The summed E-state index contributed by atoms with van der Waals surface area (Å²) in [5.74, 6) is 0.935. The van der Waals surface area contributed by atoms with Crippen molar-refractivity contribution < 1.29 is 4.39 Å². The zero-order valence-electron chi connectivity index (χ0n) is 11.3. The van der Waals surface area contributed by atoms with Crippen molar-refractivity contribution in [3.05, 3.63) is 36.2 Å². The van der Waals surface area contributed by atoms with Gasteiger partial charge in [-0.2, -0.15) is 0 Å². The Morgan fingerprint density at radius 1 is 1.21 bits per heavy atom. The van der Waals surface area contributed by atoms with E-state index in [2.05, 4.69) is 34.1 Å². The molecule has 4 nitrogen and oxygen atoms in total. The van der Waals surface area contributed by atoms with Crippen LogP contribution in [0.4, 0.5) is 10.2 Å². The molecule has 0 bridgehead atoms. The van der Waals surface area contributed by atoms with Crippen LogP contribution in [-0.4, -0.2) is 21.5 Å². The first-order valence-corrected chi connectivity index (χ1v) is 6.24. The molecule has 0 saturated heterocycles. The van der Waals surface area contributed by atoms with Crippen LogP contribution in [0.25, 0.3) is 11.3 Å². The van der Waals surface area contributed by atoms with E-state index in [1.54, 1.807) is 19.2 Å². The summed E-state index contributed by atoms with van der Waals surface area (Å²) >= 11 is 0. The SMILES string of the molecule is Cc1ncc(-c2cc(NCC(C)C)ncn2)cc1F. The number of anilines is 1. The highest BCUT2D eigenvalue weighted by atomic mass is 19.1. The summed E-state index contributed by atoms with van der Waals surface area (Å²) in [5.41, 5.74) is 1.70. The number of halogens is 1. The van der Waals surface area contributed by atoms with Crippen LogP contribution in [0.15, 0.2) is 24.7 Å². The number of aromatic nitrogens is 3. The molecule has 19 heavy (non-hydrogen) atoms. The van der Waals surface area contributed by atoms with Gasteiger partial charge in [0.05, 0.1) is 11.4 Å². The van der Waals surface area contributed by atoms with Crippen LogP contribution in [0.1, 0.15) is 19.5 Å². The van der Waals surface area contributed by atoms with Crippen molar-refractivity contribution in [2.75, 3.05) is 11.9 Å². The number of aryl methyl sites for hydroxylation is 1. The van der Waals surface area contributed by atoms with E-state index < -0.39 is 0 Å². The third-order valence-corrected chi connectivity index (χ3v) is 2.68. The van der Waals surface area contributed by atoms with Crippen LogP contribution in [0.2, 0.25) is 0 Å². The lowest BCUT2D eigenvalue weighted by Crippen LogP contribution is -2.09. The monoisotopic (exact) mass is 260 g/mol. The maximum atomic E-state index is 13.5. The molecule has 0 atom stereocenters. The molecule has 0 fully saturated rings. The van der Waals surface area contributed by atoms with Crippen molar-refractivity contribution in [1.82, 2.24) is 15.0 Å². The molecule has 2 heterocycles. The van der Waals surface area contributed by atoms with Crippen LogP contribution in [0.5, 0.6) is 0 Å². The quantitative estimate of drug-likeness (QED) is 0.918. The zero-order chi connectivity index (χ0) is 13.8. The lowest BCUT2D eigenvalue weighted by molar-refractivity contribution is 0.610. The Morgan fingerprint density at radius 3 is 2.68 bits per heavy atom. The van der Waals surface area contributed by atoms with Crippen molar-refractivity contribution in [2.24, 2.45) is 5.92 Å². The van der Waals surface area contributed by atoms with E-state index in [9.17, 15) is 4.39 Å². The predicted molar refractivity (Wildman–Crippen MR) is 73.3 cm³/mol. The molecule has 2 aromatic rings. The average Bonchev–Trinajstić information content (AvgIpc) is 2.40. The van der Waals surface area contributed by atoms with Gasteiger partial charge in [0.25, 0.3) is 0 Å². The number of hydrogen-bond donors (Lipinski definition) is 1. The molecule has 0 amide bonds. The largest absolute Gasteiger partial charge is 0.370 e. The molecule has 5 heteroatoms. The maximum Gasteiger partial charge on any atom is 0.145 e. The van der Waals surface area contributed by atoms with Gasteiger partial charge in [0.15, 0.2) is 0 Å². The summed E-state index contributed by atoms with van der Waals surface area (Å²) in [6.45, 7) is 6.70.